The van der Waals surface area contributed by atoms with Crippen molar-refractivity contribution in [3.8, 4) is 0 Å². The van der Waals surface area contributed by atoms with Crippen molar-refractivity contribution in [1.82, 2.24) is 15.5 Å². The average molecular weight is 392 g/mol. The fourth-order valence-electron chi connectivity index (χ4n) is 3.82. The van der Waals surface area contributed by atoms with Crippen LogP contribution in [0.1, 0.15) is 30.9 Å². The highest BCUT2D eigenvalue weighted by Crippen LogP contribution is 2.20. The molecule has 0 spiro atoms. The SMILES string of the molecule is CCNC(=NCc1ccccc1CN1CCN(c2ccccc2)CC1)NC1CC1. The molecule has 154 valence electrons. The molecule has 4 rings (SSSR count). The zero-order valence-corrected chi connectivity index (χ0v) is 17.5. The zero-order valence-electron chi connectivity index (χ0n) is 17.5. The molecule has 2 fully saturated rings. The van der Waals surface area contributed by atoms with Crippen molar-refractivity contribution in [1.29, 1.82) is 0 Å². The summed E-state index contributed by atoms with van der Waals surface area (Å²) in [5, 5.41) is 6.87. The Kier molecular flexibility index (Phi) is 6.67. The molecule has 5 heteroatoms. The van der Waals surface area contributed by atoms with E-state index in [1.807, 2.05) is 0 Å². The van der Waals surface area contributed by atoms with E-state index < -0.39 is 0 Å². The van der Waals surface area contributed by atoms with Crippen LogP contribution in [0.15, 0.2) is 59.6 Å². The highest BCUT2D eigenvalue weighted by atomic mass is 15.3. The molecule has 5 nitrogen and oxygen atoms in total. The lowest BCUT2D eigenvalue weighted by atomic mass is 10.1. The van der Waals surface area contributed by atoms with Crippen molar-refractivity contribution in [3.05, 3.63) is 65.7 Å². The number of aliphatic imine (C=N–C) groups is 1. The molecule has 0 unspecified atom stereocenters. The first-order chi connectivity index (χ1) is 14.3. The van der Waals surface area contributed by atoms with Crippen molar-refractivity contribution in [2.24, 2.45) is 4.99 Å². The van der Waals surface area contributed by atoms with Crippen LogP contribution in [-0.2, 0) is 13.1 Å². The fraction of sp³-hybridized carbons (Fsp3) is 0.458. The van der Waals surface area contributed by atoms with Crippen LogP contribution in [0, 0.1) is 0 Å². The molecule has 29 heavy (non-hydrogen) atoms. The second kappa shape index (κ2) is 9.79. The van der Waals surface area contributed by atoms with Crippen molar-refractivity contribution < 1.29 is 0 Å². The summed E-state index contributed by atoms with van der Waals surface area (Å²) in [5.74, 6) is 0.946. The minimum absolute atomic E-state index is 0.615. The van der Waals surface area contributed by atoms with E-state index in [9.17, 15) is 0 Å². The molecule has 1 saturated heterocycles. The monoisotopic (exact) mass is 391 g/mol. The summed E-state index contributed by atoms with van der Waals surface area (Å²) in [6, 6.07) is 20.1. The Labute approximate surface area is 174 Å². The summed E-state index contributed by atoms with van der Waals surface area (Å²) >= 11 is 0. The predicted octanol–water partition coefficient (Wildman–Crippen LogP) is 3.23. The highest BCUT2D eigenvalue weighted by molar-refractivity contribution is 5.80. The third-order valence-electron chi connectivity index (χ3n) is 5.68. The van der Waals surface area contributed by atoms with E-state index in [4.69, 9.17) is 4.99 Å². The molecule has 1 saturated carbocycles. The predicted molar refractivity (Wildman–Crippen MR) is 121 cm³/mol. The first-order valence-electron chi connectivity index (χ1n) is 11.0. The molecule has 1 aliphatic heterocycles. The Morgan fingerprint density at radius 1 is 0.931 bits per heavy atom. The van der Waals surface area contributed by atoms with Gasteiger partial charge in [-0.05, 0) is 43.0 Å². The molecule has 2 aromatic carbocycles. The normalized spacial score (nSPS) is 18.0. The van der Waals surface area contributed by atoms with Gasteiger partial charge in [-0.2, -0.15) is 0 Å². The van der Waals surface area contributed by atoms with E-state index in [2.05, 4.69) is 82.0 Å². The van der Waals surface area contributed by atoms with Crippen molar-refractivity contribution >= 4 is 11.6 Å². The van der Waals surface area contributed by atoms with Gasteiger partial charge in [0, 0.05) is 51.0 Å². The van der Waals surface area contributed by atoms with E-state index in [0.717, 1.165) is 51.8 Å². The van der Waals surface area contributed by atoms with E-state index >= 15 is 0 Å². The molecule has 0 atom stereocenters. The number of hydrogen-bond donors (Lipinski definition) is 2. The van der Waals surface area contributed by atoms with Gasteiger partial charge in [-0.25, -0.2) is 4.99 Å². The van der Waals surface area contributed by atoms with Crippen LogP contribution in [0.2, 0.25) is 0 Å². The molecule has 2 aliphatic rings. The third kappa shape index (κ3) is 5.73. The first-order valence-corrected chi connectivity index (χ1v) is 11.0. The second-order valence-electron chi connectivity index (χ2n) is 7.98. The quantitative estimate of drug-likeness (QED) is 0.562. The maximum Gasteiger partial charge on any atom is 0.191 e. The lowest BCUT2D eigenvalue weighted by Crippen LogP contribution is -2.46. The van der Waals surface area contributed by atoms with Crippen molar-refractivity contribution in [2.45, 2.75) is 38.9 Å². The first kappa shape index (κ1) is 19.8. The number of piperazine rings is 1. The minimum Gasteiger partial charge on any atom is -0.369 e. The third-order valence-corrected chi connectivity index (χ3v) is 5.68. The molecular formula is C24H33N5. The number of benzene rings is 2. The van der Waals surface area contributed by atoms with Gasteiger partial charge >= 0.3 is 0 Å². The van der Waals surface area contributed by atoms with Crippen LogP contribution in [0.4, 0.5) is 5.69 Å². The van der Waals surface area contributed by atoms with Crippen molar-refractivity contribution in [3.63, 3.8) is 0 Å². The summed E-state index contributed by atoms with van der Waals surface area (Å²) in [6.45, 7) is 9.10. The Morgan fingerprint density at radius 3 is 2.31 bits per heavy atom. The van der Waals surface area contributed by atoms with E-state index in [0.29, 0.717) is 6.04 Å². The average Bonchev–Trinajstić information content (AvgIpc) is 3.58. The van der Waals surface area contributed by atoms with Crippen LogP contribution in [0.5, 0.6) is 0 Å². The summed E-state index contributed by atoms with van der Waals surface area (Å²) in [6.07, 6.45) is 2.52. The number of guanidine groups is 1. The molecule has 0 aromatic heterocycles. The standard InChI is InChI=1S/C24H33N5/c1-2-25-24(27-22-12-13-22)26-18-20-8-6-7-9-21(20)19-28-14-16-29(17-15-28)23-10-4-3-5-11-23/h3-11,22H,2,12-19H2,1H3,(H2,25,26,27). The van der Waals surface area contributed by atoms with Crippen LogP contribution in [0.25, 0.3) is 0 Å². The van der Waals surface area contributed by atoms with Gasteiger partial charge in [0.25, 0.3) is 0 Å². The van der Waals surface area contributed by atoms with Gasteiger partial charge in [0.2, 0.25) is 0 Å². The fourth-order valence-corrected chi connectivity index (χ4v) is 3.82. The van der Waals surface area contributed by atoms with E-state index in [-0.39, 0.29) is 0 Å². The van der Waals surface area contributed by atoms with Gasteiger partial charge in [-0.1, -0.05) is 42.5 Å². The van der Waals surface area contributed by atoms with Gasteiger partial charge in [-0.3, -0.25) is 4.90 Å². The number of nitrogens with zero attached hydrogens (tertiary/aromatic N) is 3. The molecule has 2 aromatic rings. The molecule has 2 N–H and O–H groups in total. The number of para-hydroxylation sites is 1. The maximum absolute atomic E-state index is 4.84. The Hall–Kier alpha value is -2.53. The summed E-state index contributed by atoms with van der Waals surface area (Å²) < 4.78 is 0. The molecular weight excluding hydrogens is 358 g/mol. The van der Waals surface area contributed by atoms with E-state index in [1.165, 1.54) is 29.7 Å². The van der Waals surface area contributed by atoms with Crippen LogP contribution >= 0.6 is 0 Å². The van der Waals surface area contributed by atoms with Gasteiger partial charge in [0.1, 0.15) is 0 Å². The number of hydrogen-bond acceptors (Lipinski definition) is 3. The van der Waals surface area contributed by atoms with Crippen LogP contribution < -0.4 is 15.5 Å². The summed E-state index contributed by atoms with van der Waals surface area (Å²) in [4.78, 5) is 9.89. The molecule has 0 amide bonds. The van der Waals surface area contributed by atoms with E-state index in [1.54, 1.807) is 0 Å². The van der Waals surface area contributed by atoms with Gasteiger partial charge in [0.05, 0.1) is 6.54 Å². The summed E-state index contributed by atoms with van der Waals surface area (Å²) in [5.41, 5.74) is 4.05. The van der Waals surface area contributed by atoms with Gasteiger partial charge in [-0.15, -0.1) is 0 Å². The molecule has 0 radical (unpaired) electrons. The summed E-state index contributed by atoms with van der Waals surface area (Å²) in [7, 11) is 0. The largest absolute Gasteiger partial charge is 0.369 e. The smallest absolute Gasteiger partial charge is 0.191 e. The zero-order chi connectivity index (χ0) is 19.9. The van der Waals surface area contributed by atoms with Gasteiger partial charge in [0.15, 0.2) is 5.96 Å². The molecule has 0 bridgehead atoms. The van der Waals surface area contributed by atoms with Crippen LogP contribution in [-0.4, -0.2) is 49.6 Å². The minimum atomic E-state index is 0.615. The second-order valence-corrected chi connectivity index (χ2v) is 7.98. The molecule has 1 heterocycles. The number of rotatable bonds is 7. The Morgan fingerprint density at radius 2 is 1.62 bits per heavy atom. The molecule has 1 aliphatic carbocycles. The topological polar surface area (TPSA) is 42.9 Å². The number of anilines is 1. The van der Waals surface area contributed by atoms with Crippen molar-refractivity contribution in [2.75, 3.05) is 37.6 Å². The lowest BCUT2D eigenvalue weighted by Gasteiger charge is -2.36. The Bertz CT molecular complexity index is 792. The lowest BCUT2D eigenvalue weighted by molar-refractivity contribution is 0.249. The van der Waals surface area contributed by atoms with Crippen LogP contribution in [0.3, 0.4) is 0 Å². The Balaban J connectivity index is 1.35. The van der Waals surface area contributed by atoms with Gasteiger partial charge < -0.3 is 15.5 Å². The maximum atomic E-state index is 4.84. The number of nitrogens with one attached hydrogen (secondary N) is 2. The highest BCUT2D eigenvalue weighted by Gasteiger charge is 2.22.